The number of amides is 1. The Morgan fingerprint density at radius 3 is 2.27 bits per heavy atom. The van der Waals surface area contributed by atoms with Crippen molar-refractivity contribution in [1.29, 1.82) is 0 Å². The zero-order valence-corrected chi connectivity index (χ0v) is 17.1. The molecule has 2 aromatic carbocycles. The fourth-order valence-electron chi connectivity index (χ4n) is 3.54. The molecule has 0 saturated heterocycles. The third-order valence-corrected chi connectivity index (χ3v) is 5.32. The summed E-state index contributed by atoms with van der Waals surface area (Å²) in [5, 5.41) is 0.599. The van der Waals surface area contributed by atoms with Crippen molar-refractivity contribution in [3.63, 3.8) is 0 Å². The summed E-state index contributed by atoms with van der Waals surface area (Å²) in [6.07, 6.45) is 3.60. The second kappa shape index (κ2) is 9.34. The molecular weight excluding hydrogens is 391 g/mol. The zero-order chi connectivity index (χ0) is 21.8. The molecule has 0 bridgehead atoms. The highest BCUT2D eigenvalue weighted by atomic mass is 19.1. The number of nitrogens with zero attached hydrogens (tertiary/aromatic N) is 1. The molecule has 160 valence electrons. The SMILES string of the molecule is CN(C)CCC(N)=O.Fc1ccc(-c2[nH]c3c(F)cc(F)cc3c2C2CCC2)cc1. The van der Waals surface area contributed by atoms with Crippen LogP contribution in [0.1, 0.15) is 37.2 Å². The van der Waals surface area contributed by atoms with E-state index in [4.69, 9.17) is 5.73 Å². The summed E-state index contributed by atoms with van der Waals surface area (Å²) in [5.74, 6) is -1.42. The Bertz CT molecular complexity index is 1020. The van der Waals surface area contributed by atoms with E-state index < -0.39 is 11.6 Å². The Hall–Kier alpha value is -2.80. The van der Waals surface area contributed by atoms with Gasteiger partial charge in [0.15, 0.2) is 0 Å². The summed E-state index contributed by atoms with van der Waals surface area (Å²) < 4.78 is 40.8. The van der Waals surface area contributed by atoms with Crippen LogP contribution in [-0.4, -0.2) is 36.4 Å². The number of carbonyl (C=O) groups is 1. The lowest BCUT2D eigenvalue weighted by Crippen LogP contribution is -2.20. The molecule has 0 unspecified atom stereocenters. The van der Waals surface area contributed by atoms with Crippen LogP contribution in [0.2, 0.25) is 0 Å². The van der Waals surface area contributed by atoms with Crippen LogP contribution in [0.3, 0.4) is 0 Å². The van der Waals surface area contributed by atoms with E-state index in [1.165, 1.54) is 18.2 Å². The van der Waals surface area contributed by atoms with E-state index in [0.717, 1.165) is 48.7 Å². The van der Waals surface area contributed by atoms with Gasteiger partial charge in [0.2, 0.25) is 5.91 Å². The molecule has 0 spiro atoms. The molecule has 1 amide bonds. The Kier molecular flexibility index (Phi) is 6.82. The van der Waals surface area contributed by atoms with Gasteiger partial charge in [-0.1, -0.05) is 6.42 Å². The first-order valence-corrected chi connectivity index (χ1v) is 9.96. The van der Waals surface area contributed by atoms with Gasteiger partial charge in [-0.25, -0.2) is 13.2 Å². The summed E-state index contributed by atoms with van der Waals surface area (Å²) in [5.41, 5.74) is 7.71. The average molecular weight is 417 g/mol. The normalized spacial score (nSPS) is 13.8. The lowest BCUT2D eigenvalue weighted by Gasteiger charge is -2.26. The summed E-state index contributed by atoms with van der Waals surface area (Å²) in [6.45, 7) is 0.745. The van der Waals surface area contributed by atoms with Gasteiger partial charge in [-0.15, -0.1) is 0 Å². The Morgan fingerprint density at radius 1 is 1.10 bits per heavy atom. The first kappa shape index (κ1) is 21.9. The number of benzene rings is 2. The van der Waals surface area contributed by atoms with Crippen molar-refractivity contribution in [3.05, 3.63) is 59.4 Å². The molecule has 0 atom stereocenters. The second-order valence-electron chi connectivity index (χ2n) is 7.88. The highest BCUT2D eigenvalue weighted by Crippen LogP contribution is 2.45. The molecule has 0 aliphatic heterocycles. The van der Waals surface area contributed by atoms with E-state index in [1.807, 2.05) is 19.0 Å². The van der Waals surface area contributed by atoms with Crippen molar-refractivity contribution in [2.24, 2.45) is 5.73 Å². The largest absolute Gasteiger partial charge is 0.370 e. The minimum atomic E-state index is -0.594. The van der Waals surface area contributed by atoms with Gasteiger partial charge in [0.25, 0.3) is 0 Å². The maximum absolute atomic E-state index is 14.1. The molecule has 1 fully saturated rings. The predicted octanol–water partition coefficient (Wildman–Crippen LogP) is 4.94. The number of rotatable bonds is 5. The van der Waals surface area contributed by atoms with Gasteiger partial charge in [-0.3, -0.25) is 4.79 Å². The van der Waals surface area contributed by atoms with Crippen LogP contribution in [0.15, 0.2) is 36.4 Å². The van der Waals surface area contributed by atoms with Crippen molar-refractivity contribution in [3.8, 4) is 11.3 Å². The Balaban J connectivity index is 0.000000275. The molecule has 0 radical (unpaired) electrons. The van der Waals surface area contributed by atoms with Crippen LogP contribution in [0.25, 0.3) is 22.2 Å². The number of primary amides is 1. The van der Waals surface area contributed by atoms with E-state index >= 15 is 0 Å². The second-order valence-corrected chi connectivity index (χ2v) is 7.88. The Labute approximate surface area is 173 Å². The predicted molar refractivity (Wildman–Crippen MR) is 113 cm³/mol. The maximum atomic E-state index is 14.1. The van der Waals surface area contributed by atoms with Gasteiger partial charge in [0, 0.05) is 24.4 Å². The number of nitrogens with one attached hydrogen (secondary N) is 1. The van der Waals surface area contributed by atoms with Crippen molar-refractivity contribution in [1.82, 2.24) is 9.88 Å². The van der Waals surface area contributed by atoms with Crippen LogP contribution >= 0.6 is 0 Å². The van der Waals surface area contributed by atoms with Gasteiger partial charge >= 0.3 is 0 Å². The van der Waals surface area contributed by atoms with E-state index in [0.29, 0.717) is 23.2 Å². The van der Waals surface area contributed by atoms with Gasteiger partial charge in [0.05, 0.1) is 11.2 Å². The molecule has 3 N–H and O–H groups in total. The van der Waals surface area contributed by atoms with Gasteiger partial charge < -0.3 is 15.6 Å². The van der Waals surface area contributed by atoms with E-state index in [1.54, 1.807) is 12.1 Å². The molecule has 1 aliphatic rings. The number of aromatic amines is 1. The van der Waals surface area contributed by atoms with Crippen molar-refractivity contribution >= 4 is 16.8 Å². The maximum Gasteiger partial charge on any atom is 0.218 e. The number of nitrogens with two attached hydrogens (primary N) is 1. The number of fused-ring (bicyclic) bond motifs is 1. The van der Waals surface area contributed by atoms with Gasteiger partial charge in [0.1, 0.15) is 17.5 Å². The number of halogens is 3. The van der Waals surface area contributed by atoms with E-state index in [-0.39, 0.29) is 11.7 Å². The monoisotopic (exact) mass is 417 g/mol. The lowest BCUT2D eigenvalue weighted by atomic mass is 9.78. The fourth-order valence-corrected chi connectivity index (χ4v) is 3.54. The average Bonchev–Trinajstić information content (AvgIpc) is 2.99. The summed E-state index contributed by atoms with van der Waals surface area (Å²) in [7, 11) is 3.81. The van der Waals surface area contributed by atoms with E-state index in [9.17, 15) is 18.0 Å². The molecule has 30 heavy (non-hydrogen) atoms. The van der Waals surface area contributed by atoms with Crippen LogP contribution in [0.5, 0.6) is 0 Å². The number of hydrogen-bond donors (Lipinski definition) is 2. The van der Waals surface area contributed by atoms with Crippen molar-refractivity contribution < 1.29 is 18.0 Å². The summed E-state index contributed by atoms with van der Waals surface area (Å²) >= 11 is 0. The molecule has 1 heterocycles. The fraction of sp³-hybridized carbons (Fsp3) is 0.348. The molecule has 4 nitrogen and oxygen atoms in total. The minimum Gasteiger partial charge on any atom is -0.370 e. The van der Waals surface area contributed by atoms with Crippen LogP contribution in [-0.2, 0) is 4.79 Å². The quantitative estimate of drug-likeness (QED) is 0.618. The van der Waals surface area contributed by atoms with Crippen LogP contribution in [0, 0.1) is 17.5 Å². The highest BCUT2D eigenvalue weighted by Gasteiger charge is 2.27. The third-order valence-electron chi connectivity index (χ3n) is 5.32. The molecular formula is C23H26F3N3O. The number of H-pyrrole nitrogens is 1. The summed E-state index contributed by atoms with van der Waals surface area (Å²) in [4.78, 5) is 15.1. The standard InChI is InChI=1S/C18H14F3N.C5H12N2O/c19-12-6-4-11(5-7-12)17-16(10-2-1-3-10)14-8-13(20)9-15(21)18(14)22-17;1-7(2)4-3-5(6)8/h4-10,22H,1-3H2;3-4H2,1-2H3,(H2,6,8). The molecule has 1 aliphatic carbocycles. The number of aromatic nitrogens is 1. The van der Waals surface area contributed by atoms with Gasteiger partial charge in [-0.05, 0) is 74.3 Å². The third kappa shape index (κ3) is 5.02. The zero-order valence-electron chi connectivity index (χ0n) is 17.1. The number of carbonyl (C=O) groups excluding carboxylic acids is 1. The molecule has 7 heteroatoms. The first-order chi connectivity index (χ1) is 14.3. The molecule has 1 saturated carbocycles. The Morgan fingerprint density at radius 2 is 1.77 bits per heavy atom. The molecule has 1 aromatic heterocycles. The van der Waals surface area contributed by atoms with Gasteiger partial charge in [-0.2, -0.15) is 0 Å². The highest BCUT2D eigenvalue weighted by molar-refractivity contribution is 5.92. The topological polar surface area (TPSA) is 62.1 Å². The van der Waals surface area contributed by atoms with E-state index in [2.05, 4.69) is 4.98 Å². The van der Waals surface area contributed by atoms with Crippen LogP contribution in [0.4, 0.5) is 13.2 Å². The molecule has 3 aromatic rings. The summed E-state index contributed by atoms with van der Waals surface area (Å²) in [6, 6.07) is 8.35. The van der Waals surface area contributed by atoms with Crippen molar-refractivity contribution in [2.45, 2.75) is 31.6 Å². The number of hydrogen-bond acceptors (Lipinski definition) is 2. The first-order valence-electron chi connectivity index (χ1n) is 9.96. The van der Waals surface area contributed by atoms with Crippen LogP contribution < -0.4 is 5.73 Å². The lowest BCUT2D eigenvalue weighted by molar-refractivity contribution is -0.118. The molecule has 4 rings (SSSR count). The minimum absolute atomic E-state index is 0.237. The van der Waals surface area contributed by atoms with Crippen molar-refractivity contribution in [2.75, 3.05) is 20.6 Å². The smallest absolute Gasteiger partial charge is 0.218 e.